The van der Waals surface area contributed by atoms with Gasteiger partial charge in [0.25, 0.3) is 0 Å². The van der Waals surface area contributed by atoms with Crippen LogP contribution in [0.5, 0.6) is 0 Å². The van der Waals surface area contributed by atoms with Gasteiger partial charge in [-0.1, -0.05) is 24.3 Å². The maximum absolute atomic E-state index is 4.27. The lowest BCUT2D eigenvalue weighted by molar-refractivity contribution is 0.633. The monoisotopic (exact) mass is 264 g/mol. The van der Waals surface area contributed by atoms with E-state index < -0.39 is 0 Å². The summed E-state index contributed by atoms with van der Waals surface area (Å²) < 4.78 is 1.86. The number of anilines is 1. The van der Waals surface area contributed by atoms with Crippen LogP contribution in [0.1, 0.15) is 22.6 Å². The third kappa shape index (κ3) is 1.76. The number of nitrogens with zero attached hydrogens (tertiary/aromatic N) is 3. The SMILES string of the molecule is Cc1cc(NCC2Cc3ccccc32)n2ncnc2c1. The van der Waals surface area contributed by atoms with Gasteiger partial charge in [0, 0.05) is 12.5 Å². The smallest absolute Gasteiger partial charge is 0.157 e. The number of nitrogens with one attached hydrogen (secondary N) is 1. The third-order valence-electron chi connectivity index (χ3n) is 4.01. The number of aromatic nitrogens is 3. The van der Waals surface area contributed by atoms with E-state index in [1.165, 1.54) is 16.7 Å². The fourth-order valence-corrected chi connectivity index (χ4v) is 2.96. The van der Waals surface area contributed by atoms with Crippen molar-refractivity contribution in [1.29, 1.82) is 0 Å². The Labute approximate surface area is 117 Å². The van der Waals surface area contributed by atoms with Gasteiger partial charge in [-0.25, -0.2) is 4.98 Å². The zero-order valence-corrected chi connectivity index (χ0v) is 11.4. The molecule has 4 heteroatoms. The topological polar surface area (TPSA) is 42.2 Å². The summed E-state index contributed by atoms with van der Waals surface area (Å²) in [6.45, 7) is 3.02. The molecule has 0 aliphatic heterocycles. The molecular formula is C16H16N4. The molecule has 1 aliphatic rings. The summed E-state index contributed by atoms with van der Waals surface area (Å²) >= 11 is 0. The van der Waals surface area contributed by atoms with E-state index in [9.17, 15) is 0 Å². The van der Waals surface area contributed by atoms with Crippen LogP contribution in [0.15, 0.2) is 42.7 Å². The largest absolute Gasteiger partial charge is 0.369 e. The molecule has 1 aromatic carbocycles. The van der Waals surface area contributed by atoms with Gasteiger partial charge in [-0.3, -0.25) is 0 Å². The molecule has 1 aliphatic carbocycles. The van der Waals surface area contributed by atoms with Gasteiger partial charge in [0.2, 0.25) is 0 Å². The second-order valence-electron chi connectivity index (χ2n) is 5.43. The van der Waals surface area contributed by atoms with E-state index in [0.29, 0.717) is 5.92 Å². The summed E-state index contributed by atoms with van der Waals surface area (Å²) in [5.41, 5.74) is 5.04. The van der Waals surface area contributed by atoms with Crippen LogP contribution in [0.25, 0.3) is 5.65 Å². The summed E-state index contributed by atoms with van der Waals surface area (Å²) in [4.78, 5) is 4.25. The maximum atomic E-state index is 4.27. The predicted molar refractivity (Wildman–Crippen MR) is 79.1 cm³/mol. The van der Waals surface area contributed by atoms with Crippen LogP contribution in [0.4, 0.5) is 5.82 Å². The van der Waals surface area contributed by atoms with E-state index >= 15 is 0 Å². The summed E-state index contributed by atoms with van der Waals surface area (Å²) in [6.07, 6.45) is 2.76. The molecule has 0 radical (unpaired) electrons. The molecule has 20 heavy (non-hydrogen) atoms. The quantitative estimate of drug-likeness (QED) is 0.791. The lowest BCUT2D eigenvalue weighted by Gasteiger charge is -2.30. The molecule has 2 aromatic heterocycles. The molecule has 1 unspecified atom stereocenters. The molecule has 1 N–H and O–H groups in total. The van der Waals surface area contributed by atoms with Gasteiger partial charge in [-0.05, 0) is 42.2 Å². The molecule has 0 fully saturated rings. The standard InChI is InChI=1S/C16H16N4/c1-11-6-15(20-16(7-11)18-10-19-20)17-9-13-8-12-4-2-3-5-14(12)13/h2-7,10,13,17H,8-9H2,1H3. The van der Waals surface area contributed by atoms with Crippen LogP contribution in [0, 0.1) is 6.92 Å². The van der Waals surface area contributed by atoms with Gasteiger partial charge in [-0.15, -0.1) is 0 Å². The Kier molecular flexibility index (Phi) is 2.49. The third-order valence-corrected chi connectivity index (χ3v) is 4.01. The zero-order valence-electron chi connectivity index (χ0n) is 11.4. The van der Waals surface area contributed by atoms with Gasteiger partial charge < -0.3 is 5.32 Å². The molecule has 2 heterocycles. The number of fused-ring (bicyclic) bond motifs is 2. The number of benzene rings is 1. The van der Waals surface area contributed by atoms with Crippen molar-refractivity contribution < 1.29 is 0 Å². The van der Waals surface area contributed by atoms with Crippen molar-refractivity contribution in [2.24, 2.45) is 0 Å². The maximum Gasteiger partial charge on any atom is 0.157 e. The highest BCUT2D eigenvalue weighted by molar-refractivity contribution is 5.52. The summed E-state index contributed by atoms with van der Waals surface area (Å²) in [6, 6.07) is 12.8. The average Bonchev–Trinajstić information content (AvgIpc) is 2.87. The molecule has 0 bridgehead atoms. The normalized spacial score (nSPS) is 16.8. The van der Waals surface area contributed by atoms with Crippen molar-refractivity contribution in [2.45, 2.75) is 19.3 Å². The Balaban J connectivity index is 1.56. The lowest BCUT2D eigenvalue weighted by atomic mass is 9.77. The van der Waals surface area contributed by atoms with E-state index in [4.69, 9.17) is 0 Å². The van der Waals surface area contributed by atoms with Crippen LogP contribution >= 0.6 is 0 Å². The summed E-state index contributed by atoms with van der Waals surface area (Å²) in [5, 5.41) is 7.79. The molecule has 0 spiro atoms. The summed E-state index contributed by atoms with van der Waals surface area (Å²) in [5.74, 6) is 1.62. The van der Waals surface area contributed by atoms with E-state index in [1.54, 1.807) is 6.33 Å². The highest BCUT2D eigenvalue weighted by Crippen LogP contribution is 2.34. The van der Waals surface area contributed by atoms with Crippen molar-refractivity contribution in [3.8, 4) is 0 Å². The molecule has 0 saturated carbocycles. The van der Waals surface area contributed by atoms with E-state index in [0.717, 1.165) is 24.4 Å². The second kappa shape index (κ2) is 4.34. The minimum atomic E-state index is 0.602. The molecule has 3 aromatic rings. The Morgan fingerprint density at radius 1 is 1.30 bits per heavy atom. The van der Waals surface area contributed by atoms with Gasteiger partial charge in [0.05, 0.1) is 0 Å². The Bertz CT molecular complexity index is 775. The van der Waals surface area contributed by atoms with Crippen molar-refractivity contribution >= 4 is 11.5 Å². The van der Waals surface area contributed by atoms with Crippen LogP contribution in [0.2, 0.25) is 0 Å². The Hall–Kier alpha value is -2.36. The van der Waals surface area contributed by atoms with Crippen LogP contribution in [-0.2, 0) is 6.42 Å². The predicted octanol–water partition coefficient (Wildman–Crippen LogP) is 2.79. The Morgan fingerprint density at radius 2 is 2.20 bits per heavy atom. The fraction of sp³-hybridized carbons (Fsp3) is 0.250. The first-order valence-electron chi connectivity index (χ1n) is 6.93. The molecular weight excluding hydrogens is 248 g/mol. The van der Waals surface area contributed by atoms with Crippen molar-refractivity contribution in [3.63, 3.8) is 0 Å². The van der Waals surface area contributed by atoms with Gasteiger partial charge >= 0.3 is 0 Å². The van der Waals surface area contributed by atoms with Crippen LogP contribution < -0.4 is 5.32 Å². The molecule has 0 amide bonds. The van der Waals surface area contributed by atoms with Crippen LogP contribution in [0.3, 0.4) is 0 Å². The van der Waals surface area contributed by atoms with Gasteiger partial charge in [0.1, 0.15) is 12.1 Å². The first-order valence-corrected chi connectivity index (χ1v) is 6.93. The number of hydrogen-bond acceptors (Lipinski definition) is 3. The number of hydrogen-bond donors (Lipinski definition) is 1. The first-order chi connectivity index (χ1) is 9.81. The molecule has 0 saturated heterocycles. The zero-order chi connectivity index (χ0) is 13.5. The Morgan fingerprint density at radius 3 is 3.10 bits per heavy atom. The molecule has 4 nitrogen and oxygen atoms in total. The summed E-state index contributed by atoms with van der Waals surface area (Å²) in [7, 11) is 0. The van der Waals surface area contributed by atoms with Crippen molar-refractivity contribution in [3.05, 3.63) is 59.4 Å². The first kappa shape index (κ1) is 11.5. The van der Waals surface area contributed by atoms with E-state index in [-0.39, 0.29) is 0 Å². The molecule has 1 atom stereocenters. The number of aryl methyl sites for hydroxylation is 1. The van der Waals surface area contributed by atoms with E-state index in [2.05, 4.69) is 52.7 Å². The highest BCUT2D eigenvalue weighted by Gasteiger charge is 2.25. The minimum absolute atomic E-state index is 0.602. The minimum Gasteiger partial charge on any atom is -0.369 e. The van der Waals surface area contributed by atoms with Crippen LogP contribution in [-0.4, -0.2) is 21.1 Å². The van der Waals surface area contributed by atoms with Crippen molar-refractivity contribution in [2.75, 3.05) is 11.9 Å². The highest BCUT2D eigenvalue weighted by atomic mass is 15.3. The number of rotatable bonds is 3. The molecule has 100 valence electrons. The van der Waals surface area contributed by atoms with Crippen molar-refractivity contribution in [1.82, 2.24) is 14.6 Å². The number of pyridine rings is 1. The average molecular weight is 264 g/mol. The van der Waals surface area contributed by atoms with E-state index in [1.807, 2.05) is 10.6 Å². The molecule has 4 rings (SSSR count). The van der Waals surface area contributed by atoms with Gasteiger partial charge in [0.15, 0.2) is 5.65 Å². The van der Waals surface area contributed by atoms with Gasteiger partial charge in [-0.2, -0.15) is 9.61 Å². The second-order valence-corrected chi connectivity index (χ2v) is 5.43. The fourth-order valence-electron chi connectivity index (χ4n) is 2.96. The lowest BCUT2D eigenvalue weighted by Crippen LogP contribution is -2.24.